The zero-order valence-electron chi connectivity index (χ0n) is 13.6. The van der Waals surface area contributed by atoms with Crippen LogP contribution in [0.15, 0.2) is 48.5 Å². The first-order valence-electron chi connectivity index (χ1n) is 7.59. The van der Waals surface area contributed by atoms with Gasteiger partial charge in [-0.3, -0.25) is 4.79 Å². The number of carbonyl (C=O) groups excluding carboxylic acids is 1. The molecule has 0 aromatic heterocycles. The Kier molecular flexibility index (Phi) is 5.16. The van der Waals surface area contributed by atoms with Crippen LogP contribution in [0, 0.1) is 5.92 Å². The fourth-order valence-corrected chi connectivity index (χ4v) is 2.65. The average molecular weight is 311 g/mol. The van der Waals surface area contributed by atoms with Crippen molar-refractivity contribution in [3.8, 4) is 11.1 Å². The fraction of sp³-hybridized carbons (Fsp3) is 0.263. The van der Waals surface area contributed by atoms with Crippen LogP contribution in [0.2, 0.25) is 0 Å². The molecule has 0 heterocycles. The fourth-order valence-electron chi connectivity index (χ4n) is 2.65. The highest BCUT2D eigenvalue weighted by Crippen LogP contribution is 2.28. The molecule has 0 aliphatic heterocycles. The van der Waals surface area contributed by atoms with Crippen molar-refractivity contribution in [3.63, 3.8) is 0 Å². The number of rotatable bonds is 5. The van der Waals surface area contributed by atoms with Gasteiger partial charge in [-0.05, 0) is 29.2 Å². The first kappa shape index (κ1) is 16.7. The molecule has 0 atom stereocenters. The quantitative estimate of drug-likeness (QED) is 0.914. The van der Waals surface area contributed by atoms with Crippen LogP contribution < -0.4 is 0 Å². The van der Waals surface area contributed by atoms with Gasteiger partial charge in [0.2, 0.25) is 0 Å². The van der Waals surface area contributed by atoms with Gasteiger partial charge in [0.15, 0.2) is 0 Å². The molecule has 0 unspecified atom stereocenters. The van der Waals surface area contributed by atoms with E-state index in [2.05, 4.69) is 13.8 Å². The molecule has 120 valence electrons. The van der Waals surface area contributed by atoms with Crippen LogP contribution in [0.1, 0.15) is 34.6 Å². The maximum Gasteiger partial charge on any atom is 0.336 e. The summed E-state index contributed by atoms with van der Waals surface area (Å²) in [5, 5.41) is 9.39. The van der Waals surface area contributed by atoms with Gasteiger partial charge >= 0.3 is 5.97 Å². The van der Waals surface area contributed by atoms with Gasteiger partial charge < -0.3 is 10.0 Å². The lowest BCUT2D eigenvalue weighted by Crippen LogP contribution is -2.30. The summed E-state index contributed by atoms with van der Waals surface area (Å²) in [5.41, 5.74) is 1.91. The van der Waals surface area contributed by atoms with Crippen LogP contribution >= 0.6 is 0 Å². The van der Waals surface area contributed by atoms with E-state index >= 15 is 0 Å². The van der Waals surface area contributed by atoms with Crippen LogP contribution in [-0.4, -0.2) is 35.5 Å². The van der Waals surface area contributed by atoms with E-state index in [1.807, 2.05) is 6.07 Å². The van der Waals surface area contributed by atoms with Crippen molar-refractivity contribution in [2.75, 3.05) is 13.6 Å². The number of amides is 1. The zero-order valence-corrected chi connectivity index (χ0v) is 13.6. The molecule has 0 spiro atoms. The Balaban J connectivity index is 2.51. The first-order chi connectivity index (χ1) is 10.9. The number of nitrogens with zero attached hydrogens (tertiary/aromatic N) is 1. The van der Waals surface area contributed by atoms with Crippen LogP contribution in [0.25, 0.3) is 11.1 Å². The van der Waals surface area contributed by atoms with Gasteiger partial charge in [0.1, 0.15) is 0 Å². The highest BCUT2D eigenvalue weighted by molar-refractivity contribution is 6.04. The maximum atomic E-state index is 12.7. The first-order valence-corrected chi connectivity index (χ1v) is 7.59. The molecule has 0 aliphatic carbocycles. The second-order valence-electron chi connectivity index (χ2n) is 5.98. The molecular weight excluding hydrogens is 290 g/mol. The van der Waals surface area contributed by atoms with Gasteiger partial charge in [-0.1, -0.05) is 50.2 Å². The van der Waals surface area contributed by atoms with Gasteiger partial charge in [0.25, 0.3) is 5.91 Å². The highest BCUT2D eigenvalue weighted by atomic mass is 16.4. The summed E-state index contributed by atoms with van der Waals surface area (Å²) >= 11 is 0. The number of carboxylic acids is 1. The van der Waals surface area contributed by atoms with Crippen molar-refractivity contribution in [2.24, 2.45) is 5.92 Å². The molecule has 0 saturated carbocycles. The standard InChI is InChI=1S/C19H21NO3/c1-13(2)12-20(3)18(21)16-10-6-4-8-14(16)15-9-5-7-11-17(15)19(22)23/h4-11,13H,12H2,1-3H3,(H,22,23). The molecule has 0 aliphatic rings. The van der Waals surface area contributed by atoms with Crippen molar-refractivity contribution in [2.45, 2.75) is 13.8 Å². The summed E-state index contributed by atoms with van der Waals surface area (Å²) in [6.07, 6.45) is 0. The minimum atomic E-state index is -1.00. The molecule has 0 radical (unpaired) electrons. The summed E-state index contributed by atoms with van der Waals surface area (Å²) in [7, 11) is 1.77. The van der Waals surface area contributed by atoms with Crippen molar-refractivity contribution in [1.82, 2.24) is 4.90 Å². The summed E-state index contributed by atoms with van der Waals surface area (Å²) in [5.74, 6) is -0.740. The molecule has 4 heteroatoms. The average Bonchev–Trinajstić information content (AvgIpc) is 2.53. The van der Waals surface area contributed by atoms with Gasteiger partial charge in [-0.25, -0.2) is 4.79 Å². The predicted octanol–water partition coefficient (Wildman–Crippen LogP) is 3.78. The molecule has 0 saturated heterocycles. The predicted molar refractivity (Wildman–Crippen MR) is 90.6 cm³/mol. The Labute approximate surface area is 136 Å². The van der Waals surface area contributed by atoms with Crippen molar-refractivity contribution in [3.05, 3.63) is 59.7 Å². The van der Waals surface area contributed by atoms with E-state index in [9.17, 15) is 14.7 Å². The van der Waals surface area contributed by atoms with E-state index in [1.54, 1.807) is 54.4 Å². The van der Waals surface area contributed by atoms with Gasteiger partial charge in [-0.15, -0.1) is 0 Å². The summed E-state index contributed by atoms with van der Waals surface area (Å²) < 4.78 is 0. The van der Waals surface area contributed by atoms with E-state index in [4.69, 9.17) is 0 Å². The van der Waals surface area contributed by atoms with E-state index in [-0.39, 0.29) is 11.5 Å². The Bertz CT molecular complexity index is 722. The summed E-state index contributed by atoms with van der Waals surface area (Å²) in [4.78, 5) is 25.9. The molecule has 2 aromatic carbocycles. The molecule has 1 N–H and O–H groups in total. The molecule has 23 heavy (non-hydrogen) atoms. The SMILES string of the molecule is CC(C)CN(C)C(=O)c1ccccc1-c1ccccc1C(=O)O. The lowest BCUT2D eigenvalue weighted by atomic mass is 9.94. The number of hydrogen-bond acceptors (Lipinski definition) is 2. The second kappa shape index (κ2) is 7.09. The molecule has 0 fully saturated rings. The number of hydrogen-bond donors (Lipinski definition) is 1. The second-order valence-corrected chi connectivity index (χ2v) is 5.98. The molecule has 2 aromatic rings. The van der Waals surface area contributed by atoms with Gasteiger partial charge in [0, 0.05) is 19.2 Å². The lowest BCUT2D eigenvalue weighted by molar-refractivity contribution is 0.0696. The van der Waals surface area contributed by atoms with E-state index in [0.717, 1.165) is 0 Å². The number of aromatic carboxylic acids is 1. The maximum absolute atomic E-state index is 12.7. The number of carbonyl (C=O) groups is 2. The Morgan fingerprint density at radius 1 is 0.957 bits per heavy atom. The molecular formula is C19H21NO3. The highest BCUT2D eigenvalue weighted by Gasteiger charge is 2.20. The zero-order chi connectivity index (χ0) is 17.0. The van der Waals surface area contributed by atoms with Gasteiger partial charge in [0.05, 0.1) is 5.56 Å². The monoisotopic (exact) mass is 311 g/mol. The lowest BCUT2D eigenvalue weighted by Gasteiger charge is -2.21. The van der Waals surface area contributed by atoms with Crippen LogP contribution in [-0.2, 0) is 0 Å². The van der Waals surface area contributed by atoms with E-state index in [0.29, 0.717) is 29.2 Å². The third-order valence-corrected chi connectivity index (χ3v) is 3.59. The minimum Gasteiger partial charge on any atom is -0.478 e. The van der Waals surface area contributed by atoms with Crippen LogP contribution in [0.5, 0.6) is 0 Å². The topological polar surface area (TPSA) is 57.6 Å². The van der Waals surface area contributed by atoms with E-state index in [1.165, 1.54) is 0 Å². The third kappa shape index (κ3) is 3.77. The van der Waals surface area contributed by atoms with Crippen molar-refractivity contribution >= 4 is 11.9 Å². The summed E-state index contributed by atoms with van der Waals surface area (Å²) in [6.45, 7) is 4.75. The van der Waals surface area contributed by atoms with Crippen LogP contribution in [0.3, 0.4) is 0 Å². The largest absolute Gasteiger partial charge is 0.478 e. The molecule has 4 nitrogen and oxygen atoms in total. The molecule has 0 bridgehead atoms. The number of benzene rings is 2. The third-order valence-electron chi connectivity index (χ3n) is 3.59. The Morgan fingerprint density at radius 3 is 1.96 bits per heavy atom. The molecule has 2 rings (SSSR count). The normalized spacial score (nSPS) is 10.6. The van der Waals surface area contributed by atoms with E-state index < -0.39 is 5.97 Å². The van der Waals surface area contributed by atoms with Crippen molar-refractivity contribution in [1.29, 1.82) is 0 Å². The number of carboxylic acid groups (broad SMARTS) is 1. The smallest absolute Gasteiger partial charge is 0.336 e. The van der Waals surface area contributed by atoms with Gasteiger partial charge in [-0.2, -0.15) is 0 Å². The molecule has 1 amide bonds. The Morgan fingerprint density at radius 2 is 1.43 bits per heavy atom. The Hall–Kier alpha value is -2.62. The minimum absolute atomic E-state index is 0.102. The summed E-state index contributed by atoms with van der Waals surface area (Å²) in [6, 6.07) is 13.9. The van der Waals surface area contributed by atoms with Crippen LogP contribution in [0.4, 0.5) is 0 Å². The van der Waals surface area contributed by atoms with Crippen molar-refractivity contribution < 1.29 is 14.7 Å².